The maximum atomic E-state index is 3.48. The first-order valence-electron chi connectivity index (χ1n) is 11.5. The van der Waals surface area contributed by atoms with Crippen LogP contribution in [0.15, 0.2) is 103 Å². The van der Waals surface area contributed by atoms with Crippen molar-refractivity contribution in [2.45, 2.75) is 45.4 Å². The molecule has 2 heteroatoms. The molecule has 0 nitrogen and oxygen atoms in total. The topological polar surface area (TPSA) is 0 Å². The molecule has 0 saturated heterocycles. The van der Waals surface area contributed by atoms with Crippen LogP contribution in [0.5, 0.6) is 0 Å². The molecule has 0 aliphatic carbocycles. The molecule has 32 heavy (non-hydrogen) atoms. The standard InChI is InChI=1S/C30H34P.BrH/c1-2-3-4-5-6-7-8-9-10-20-27-31(28-21-14-11-15-22-28,29-23-16-12-17-24-29)30-25-18-13-19-26-30;/h6-7,11-19,21-26H,2-5,8,20,27H2,1H3;1H/q+1;/p-1. The Morgan fingerprint density at radius 1 is 0.656 bits per heavy atom. The molecule has 0 N–H and O–H groups in total. The zero-order chi connectivity index (χ0) is 21.6. The van der Waals surface area contributed by atoms with Gasteiger partial charge in [0.25, 0.3) is 0 Å². The van der Waals surface area contributed by atoms with Gasteiger partial charge in [0.2, 0.25) is 0 Å². The van der Waals surface area contributed by atoms with E-state index in [1.165, 1.54) is 41.6 Å². The second kappa shape index (κ2) is 14.8. The molecule has 0 atom stereocenters. The summed E-state index contributed by atoms with van der Waals surface area (Å²) >= 11 is 0. The fourth-order valence-electron chi connectivity index (χ4n) is 4.04. The molecule has 0 spiro atoms. The molecule has 0 aliphatic heterocycles. The van der Waals surface area contributed by atoms with Crippen LogP contribution in [0.4, 0.5) is 0 Å². The van der Waals surface area contributed by atoms with Crippen LogP contribution in [0.25, 0.3) is 0 Å². The molecule has 0 amide bonds. The molecule has 0 heterocycles. The summed E-state index contributed by atoms with van der Waals surface area (Å²) in [4.78, 5) is 0. The first-order chi connectivity index (χ1) is 15.4. The Kier molecular flexibility index (Phi) is 12.1. The van der Waals surface area contributed by atoms with E-state index in [2.05, 4.69) is 122 Å². The van der Waals surface area contributed by atoms with Crippen molar-refractivity contribution in [2.24, 2.45) is 0 Å². The van der Waals surface area contributed by atoms with Gasteiger partial charge in [-0.2, -0.15) is 0 Å². The minimum Gasteiger partial charge on any atom is -1.00 e. The van der Waals surface area contributed by atoms with Crippen molar-refractivity contribution in [3.8, 4) is 11.8 Å². The Labute approximate surface area is 206 Å². The third-order valence-electron chi connectivity index (χ3n) is 5.65. The zero-order valence-corrected chi connectivity index (χ0v) is 21.6. The summed E-state index contributed by atoms with van der Waals surface area (Å²) in [6.45, 7) is 2.25. The molecular weight excluding hydrogens is 471 g/mol. The molecule has 0 unspecified atom stereocenters. The molecule has 0 radical (unpaired) electrons. The van der Waals surface area contributed by atoms with Crippen molar-refractivity contribution in [1.29, 1.82) is 0 Å². The highest BCUT2D eigenvalue weighted by Gasteiger charge is 2.44. The molecule has 3 rings (SSSR count). The van der Waals surface area contributed by atoms with E-state index in [4.69, 9.17) is 0 Å². The van der Waals surface area contributed by atoms with Crippen molar-refractivity contribution >= 4 is 23.2 Å². The van der Waals surface area contributed by atoms with Gasteiger partial charge < -0.3 is 17.0 Å². The van der Waals surface area contributed by atoms with Gasteiger partial charge in [-0.25, -0.2) is 0 Å². The summed E-state index contributed by atoms with van der Waals surface area (Å²) < 4.78 is 0. The number of hydrogen-bond acceptors (Lipinski definition) is 0. The van der Waals surface area contributed by atoms with Crippen molar-refractivity contribution in [2.75, 3.05) is 6.16 Å². The number of rotatable bonds is 10. The van der Waals surface area contributed by atoms with E-state index >= 15 is 0 Å². The van der Waals surface area contributed by atoms with Crippen LogP contribution in [0.1, 0.15) is 45.4 Å². The van der Waals surface area contributed by atoms with E-state index in [1.54, 1.807) is 0 Å². The van der Waals surface area contributed by atoms with Gasteiger partial charge >= 0.3 is 0 Å². The average molecular weight is 505 g/mol. The zero-order valence-electron chi connectivity index (χ0n) is 19.1. The smallest absolute Gasteiger partial charge is 0.113 e. The summed E-state index contributed by atoms with van der Waals surface area (Å²) in [5, 5.41) is 4.31. The molecular formula is C30H34BrP. The fraction of sp³-hybridized carbons (Fsp3) is 0.267. The minimum absolute atomic E-state index is 0. The molecule has 3 aromatic rings. The molecule has 0 bridgehead atoms. The van der Waals surface area contributed by atoms with E-state index in [1.807, 2.05) is 0 Å². The average Bonchev–Trinajstić information content (AvgIpc) is 2.84. The number of allylic oxidation sites excluding steroid dienone is 2. The SMILES string of the molecule is CCCCCC=CCC#CCC[P+](c1ccccc1)(c1ccccc1)c1ccccc1.[Br-]. The Bertz CT molecular complexity index is 872. The van der Waals surface area contributed by atoms with E-state index in [9.17, 15) is 0 Å². The van der Waals surface area contributed by atoms with Gasteiger partial charge in [-0.15, -0.1) is 0 Å². The largest absolute Gasteiger partial charge is 1.00 e. The van der Waals surface area contributed by atoms with Crippen molar-refractivity contribution < 1.29 is 17.0 Å². The minimum atomic E-state index is -1.75. The van der Waals surface area contributed by atoms with Gasteiger partial charge in [-0.3, -0.25) is 0 Å². The Morgan fingerprint density at radius 2 is 1.16 bits per heavy atom. The maximum absolute atomic E-state index is 3.48. The highest BCUT2D eigenvalue weighted by molar-refractivity contribution is 7.95. The van der Waals surface area contributed by atoms with Crippen molar-refractivity contribution in [1.82, 2.24) is 0 Å². The first-order valence-corrected chi connectivity index (χ1v) is 13.5. The quantitative estimate of drug-likeness (QED) is 0.170. The Hall–Kier alpha value is -2.13. The Morgan fingerprint density at radius 3 is 1.62 bits per heavy atom. The number of hydrogen-bond donors (Lipinski definition) is 0. The second-order valence-corrected chi connectivity index (χ2v) is 11.4. The van der Waals surface area contributed by atoms with Gasteiger partial charge in [-0.05, 0) is 49.2 Å². The predicted octanol–water partition coefficient (Wildman–Crippen LogP) is 3.90. The lowest BCUT2D eigenvalue weighted by atomic mass is 10.2. The van der Waals surface area contributed by atoms with Crippen LogP contribution >= 0.6 is 7.26 Å². The predicted molar refractivity (Wildman–Crippen MR) is 140 cm³/mol. The summed E-state index contributed by atoms with van der Waals surface area (Å²) in [5.41, 5.74) is 0. The molecule has 0 fully saturated rings. The molecule has 0 aliphatic rings. The molecule has 166 valence electrons. The highest BCUT2D eigenvalue weighted by Crippen LogP contribution is 2.55. The van der Waals surface area contributed by atoms with Crippen LogP contribution in [0, 0.1) is 11.8 Å². The summed E-state index contributed by atoms with van der Waals surface area (Å²) in [7, 11) is -1.75. The van der Waals surface area contributed by atoms with Gasteiger partial charge in [0.15, 0.2) is 0 Å². The van der Waals surface area contributed by atoms with Gasteiger partial charge in [0.1, 0.15) is 23.2 Å². The van der Waals surface area contributed by atoms with E-state index in [0.717, 1.165) is 19.0 Å². The van der Waals surface area contributed by atoms with Crippen molar-refractivity contribution in [3.63, 3.8) is 0 Å². The molecule has 0 aromatic heterocycles. The monoisotopic (exact) mass is 504 g/mol. The lowest BCUT2D eigenvalue weighted by molar-refractivity contribution is -0.00000618. The Balaban J connectivity index is 0.00000363. The van der Waals surface area contributed by atoms with Crippen LogP contribution in [-0.2, 0) is 0 Å². The second-order valence-electron chi connectivity index (χ2n) is 7.81. The van der Waals surface area contributed by atoms with Gasteiger partial charge in [0.05, 0.1) is 6.16 Å². The molecule has 0 saturated carbocycles. The van der Waals surface area contributed by atoms with Crippen LogP contribution in [0.2, 0.25) is 0 Å². The van der Waals surface area contributed by atoms with Gasteiger partial charge in [0, 0.05) is 12.8 Å². The maximum Gasteiger partial charge on any atom is 0.113 e. The fourth-order valence-corrected chi connectivity index (χ4v) is 8.20. The third kappa shape index (κ3) is 7.20. The third-order valence-corrected chi connectivity index (χ3v) is 10.1. The van der Waals surface area contributed by atoms with Gasteiger partial charge in [-0.1, -0.05) is 98.4 Å². The summed E-state index contributed by atoms with van der Waals surface area (Å²) in [5.74, 6) is 6.86. The van der Waals surface area contributed by atoms with Crippen LogP contribution in [-0.4, -0.2) is 6.16 Å². The van der Waals surface area contributed by atoms with E-state index in [-0.39, 0.29) is 17.0 Å². The van der Waals surface area contributed by atoms with Crippen LogP contribution in [0.3, 0.4) is 0 Å². The van der Waals surface area contributed by atoms with Crippen LogP contribution < -0.4 is 32.9 Å². The van der Waals surface area contributed by atoms with Crippen molar-refractivity contribution in [3.05, 3.63) is 103 Å². The number of benzene rings is 3. The number of halogens is 1. The number of unbranched alkanes of at least 4 members (excludes halogenated alkanes) is 3. The van der Waals surface area contributed by atoms with E-state index in [0.29, 0.717) is 0 Å². The highest BCUT2D eigenvalue weighted by atomic mass is 79.9. The normalized spacial score (nSPS) is 10.9. The lowest BCUT2D eigenvalue weighted by Crippen LogP contribution is -3.00. The molecule has 3 aromatic carbocycles. The van der Waals surface area contributed by atoms with E-state index < -0.39 is 7.26 Å². The first kappa shape index (κ1) is 26.1. The summed E-state index contributed by atoms with van der Waals surface area (Å²) in [6.07, 6.45) is 12.4. The summed E-state index contributed by atoms with van der Waals surface area (Å²) in [6, 6.07) is 33.2. The lowest BCUT2D eigenvalue weighted by Gasteiger charge is -2.27.